The van der Waals surface area contributed by atoms with Gasteiger partial charge in [-0.15, -0.1) is 0 Å². The third-order valence-corrected chi connectivity index (χ3v) is 6.87. The van der Waals surface area contributed by atoms with E-state index in [0.29, 0.717) is 23.2 Å². The summed E-state index contributed by atoms with van der Waals surface area (Å²) in [6, 6.07) is 17.5. The monoisotopic (exact) mass is 535 g/mol. The standard InChI is InChI=1S/C29H31ClFN5O2/c1-35-12-14-36(15-13-35)11-4-16-37-27-8-3-7-25-28(27)29(33-20-32-25)34-23-9-10-26(24(30)18-23)38-19-21-5-2-6-22(31)17-21/h2-3,5-10,17-18,20H,4,11-16,19H2,1H3,(H,32,33,34). The van der Waals surface area contributed by atoms with Crippen LogP contribution in [-0.4, -0.2) is 66.1 Å². The summed E-state index contributed by atoms with van der Waals surface area (Å²) in [6.45, 7) is 6.28. The Morgan fingerprint density at radius 3 is 2.61 bits per heavy atom. The van der Waals surface area contributed by atoms with Crippen LogP contribution in [0.3, 0.4) is 0 Å². The molecule has 0 radical (unpaired) electrons. The SMILES string of the molecule is CN1CCN(CCCOc2cccc3ncnc(Nc4ccc(OCc5cccc(F)c5)c(Cl)c4)c23)CC1. The summed E-state index contributed by atoms with van der Waals surface area (Å²) in [5.41, 5.74) is 2.27. The number of anilines is 2. The van der Waals surface area contributed by atoms with Gasteiger partial charge in [-0.25, -0.2) is 14.4 Å². The van der Waals surface area contributed by atoms with Crippen molar-refractivity contribution >= 4 is 34.0 Å². The van der Waals surface area contributed by atoms with Gasteiger partial charge in [-0.1, -0.05) is 29.8 Å². The molecule has 0 bridgehead atoms. The Kier molecular flexibility index (Phi) is 8.53. The Labute approximate surface area is 227 Å². The first-order valence-electron chi connectivity index (χ1n) is 12.8. The van der Waals surface area contributed by atoms with Gasteiger partial charge in [-0.05, 0) is 61.5 Å². The summed E-state index contributed by atoms with van der Waals surface area (Å²) in [5.74, 6) is 1.59. The molecule has 7 nitrogen and oxygen atoms in total. The van der Waals surface area contributed by atoms with Crippen molar-refractivity contribution in [2.45, 2.75) is 13.0 Å². The molecule has 1 aliphatic heterocycles. The molecule has 0 unspecified atom stereocenters. The van der Waals surface area contributed by atoms with E-state index in [1.54, 1.807) is 24.3 Å². The average molecular weight is 536 g/mol. The molecule has 0 aliphatic carbocycles. The molecule has 0 saturated carbocycles. The highest BCUT2D eigenvalue weighted by molar-refractivity contribution is 6.32. The zero-order valence-corrected chi connectivity index (χ0v) is 22.1. The van der Waals surface area contributed by atoms with Gasteiger partial charge in [0.2, 0.25) is 0 Å². The number of rotatable bonds is 10. The Bertz CT molecular complexity index is 1380. The molecular weight excluding hydrogens is 505 g/mol. The summed E-state index contributed by atoms with van der Waals surface area (Å²) in [6.07, 6.45) is 2.48. The van der Waals surface area contributed by atoms with E-state index in [2.05, 4.69) is 32.1 Å². The molecule has 9 heteroatoms. The van der Waals surface area contributed by atoms with Crippen LogP contribution in [0.4, 0.5) is 15.9 Å². The van der Waals surface area contributed by atoms with Crippen molar-refractivity contribution in [1.82, 2.24) is 19.8 Å². The molecule has 1 N–H and O–H groups in total. The molecule has 38 heavy (non-hydrogen) atoms. The van der Waals surface area contributed by atoms with Crippen LogP contribution in [0.25, 0.3) is 10.9 Å². The number of hydrogen-bond donors (Lipinski definition) is 1. The molecule has 1 aromatic heterocycles. The first-order chi connectivity index (χ1) is 18.5. The van der Waals surface area contributed by atoms with Gasteiger partial charge < -0.3 is 24.6 Å². The van der Waals surface area contributed by atoms with Gasteiger partial charge in [0.25, 0.3) is 0 Å². The third kappa shape index (κ3) is 6.69. The molecule has 4 aromatic rings. The minimum Gasteiger partial charge on any atom is -0.493 e. The normalized spacial score (nSPS) is 14.5. The minimum absolute atomic E-state index is 0.219. The van der Waals surface area contributed by atoms with Crippen LogP contribution in [0.2, 0.25) is 5.02 Å². The van der Waals surface area contributed by atoms with Crippen LogP contribution >= 0.6 is 11.6 Å². The van der Waals surface area contributed by atoms with Crippen LogP contribution in [0, 0.1) is 5.82 Å². The molecule has 1 aliphatic rings. The molecule has 0 spiro atoms. The second-order valence-corrected chi connectivity index (χ2v) is 9.82. The quantitative estimate of drug-likeness (QED) is 0.259. The molecule has 0 atom stereocenters. The fourth-order valence-corrected chi connectivity index (χ4v) is 4.69. The van der Waals surface area contributed by atoms with Gasteiger partial charge in [0.05, 0.1) is 22.5 Å². The number of likely N-dealkylation sites (N-methyl/N-ethyl adjacent to an activating group) is 1. The van der Waals surface area contributed by atoms with Crippen molar-refractivity contribution in [3.63, 3.8) is 0 Å². The molecule has 2 heterocycles. The van der Waals surface area contributed by atoms with E-state index in [1.807, 2.05) is 24.3 Å². The topological polar surface area (TPSA) is 62.8 Å². The van der Waals surface area contributed by atoms with Crippen LogP contribution in [0.1, 0.15) is 12.0 Å². The van der Waals surface area contributed by atoms with E-state index < -0.39 is 0 Å². The van der Waals surface area contributed by atoms with E-state index >= 15 is 0 Å². The van der Waals surface area contributed by atoms with E-state index in [0.717, 1.165) is 67.0 Å². The van der Waals surface area contributed by atoms with Crippen LogP contribution in [0.15, 0.2) is 67.0 Å². The highest BCUT2D eigenvalue weighted by atomic mass is 35.5. The van der Waals surface area contributed by atoms with Crippen LogP contribution in [0.5, 0.6) is 11.5 Å². The number of fused-ring (bicyclic) bond motifs is 1. The van der Waals surface area contributed by atoms with Crippen molar-refractivity contribution in [3.05, 3.63) is 83.4 Å². The Morgan fingerprint density at radius 2 is 1.79 bits per heavy atom. The predicted molar refractivity (Wildman–Crippen MR) is 149 cm³/mol. The van der Waals surface area contributed by atoms with Gasteiger partial charge in [0.15, 0.2) is 0 Å². The number of piperazine rings is 1. The largest absolute Gasteiger partial charge is 0.493 e. The predicted octanol–water partition coefficient (Wildman–Crippen LogP) is 5.76. The average Bonchev–Trinajstić information content (AvgIpc) is 2.92. The summed E-state index contributed by atoms with van der Waals surface area (Å²) < 4.78 is 25.4. The fraction of sp³-hybridized carbons (Fsp3) is 0.310. The molecular formula is C29H31ClFN5O2. The van der Waals surface area contributed by atoms with E-state index in [-0.39, 0.29) is 12.4 Å². The summed E-state index contributed by atoms with van der Waals surface area (Å²) in [7, 11) is 2.17. The van der Waals surface area contributed by atoms with E-state index in [4.69, 9.17) is 21.1 Å². The van der Waals surface area contributed by atoms with Crippen molar-refractivity contribution in [2.24, 2.45) is 0 Å². The zero-order chi connectivity index (χ0) is 26.3. The van der Waals surface area contributed by atoms with Gasteiger partial charge in [0.1, 0.15) is 36.1 Å². The maximum Gasteiger partial charge on any atom is 0.145 e. The lowest BCUT2D eigenvalue weighted by atomic mass is 10.2. The smallest absolute Gasteiger partial charge is 0.145 e. The van der Waals surface area contributed by atoms with E-state index in [1.165, 1.54) is 18.5 Å². The van der Waals surface area contributed by atoms with Crippen molar-refractivity contribution < 1.29 is 13.9 Å². The Balaban J connectivity index is 1.24. The fourth-order valence-electron chi connectivity index (χ4n) is 4.46. The molecule has 1 saturated heterocycles. The molecule has 5 rings (SSSR count). The molecule has 198 valence electrons. The second-order valence-electron chi connectivity index (χ2n) is 9.41. The van der Waals surface area contributed by atoms with Crippen molar-refractivity contribution in [3.8, 4) is 11.5 Å². The number of ether oxygens (including phenoxy) is 2. The number of hydrogen-bond acceptors (Lipinski definition) is 7. The lowest BCUT2D eigenvalue weighted by Crippen LogP contribution is -2.44. The number of nitrogens with one attached hydrogen (secondary N) is 1. The van der Waals surface area contributed by atoms with Crippen molar-refractivity contribution in [2.75, 3.05) is 51.7 Å². The Morgan fingerprint density at radius 1 is 0.947 bits per heavy atom. The number of aromatic nitrogens is 2. The maximum atomic E-state index is 13.4. The molecule has 0 amide bonds. The highest BCUT2D eigenvalue weighted by Gasteiger charge is 2.14. The van der Waals surface area contributed by atoms with Gasteiger partial charge in [-0.3, -0.25) is 0 Å². The summed E-state index contributed by atoms with van der Waals surface area (Å²) in [4.78, 5) is 13.8. The first-order valence-corrected chi connectivity index (χ1v) is 13.1. The maximum absolute atomic E-state index is 13.4. The zero-order valence-electron chi connectivity index (χ0n) is 21.4. The van der Waals surface area contributed by atoms with Crippen molar-refractivity contribution in [1.29, 1.82) is 0 Å². The summed E-state index contributed by atoms with van der Waals surface area (Å²) in [5, 5.41) is 4.60. The Hall–Kier alpha value is -3.46. The molecule has 3 aromatic carbocycles. The lowest BCUT2D eigenvalue weighted by Gasteiger charge is -2.32. The number of benzene rings is 3. The molecule has 1 fully saturated rings. The van der Waals surface area contributed by atoms with Crippen LogP contribution < -0.4 is 14.8 Å². The van der Waals surface area contributed by atoms with Gasteiger partial charge in [-0.2, -0.15) is 0 Å². The number of nitrogens with zero attached hydrogens (tertiary/aromatic N) is 4. The number of halogens is 2. The second kappa shape index (κ2) is 12.4. The highest BCUT2D eigenvalue weighted by Crippen LogP contribution is 2.34. The minimum atomic E-state index is -0.299. The van der Waals surface area contributed by atoms with Gasteiger partial charge >= 0.3 is 0 Å². The lowest BCUT2D eigenvalue weighted by molar-refractivity contribution is 0.145. The van der Waals surface area contributed by atoms with E-state index in [9.17, 15) is 4.39 Å². The third-order valence-electron chi connectivity index (χ3n) is 6.57. The van der Waals surface area contributed by atoms with Crippen LogP contribution in [-0.2, 0) is 6.61 Å². The first kappa shape index (κ1) is 26.2. The van der Waals surface area contributed by atoms with Gasteiger partial charge in [0, 0.05) is 38.4 Å². The summed E-state index contributed by atoms with van der Waals surface area (Å²) >= 11 is 6.50.